The van der Waals surface area contributed by atoms with Gasteiger partial charge < -0.3 is 4.90 Å². The predicted molar refractivity (Wildman–Crippen MR) is 81.2 cm³/mol. The minimum atomic E-state index is 0.148. The Hall–Kier alpha value is -1.61. The van der Waals surface area contributed by atoms with Gasteiger partial charge in [0.15, 0.2) is 0 Å². The van der Waals surface area contributed by atoms with E-state index in [1.54, 1.807) is 6.08 Å². The Morgan fingerprint density at radius 1 is 1.15 bits per heavy atom. The summed E-state index contributed by atoms with van der Waals surface area (Å²) in [6.45, 7) is 1.77. The van der Waals surface area contributed by atoms with Gasteiger partial charge in [-0.15, -0.1) is 0 Å². The zero-order valence-electron chi connectivity index (χ0n) is 12.0. The van der Waals surface area contributed by atoms with E-state index in [1.165, 1.54) is 12.8 Å². The number of carbonyl (C=O) groups is 1. The largest absolute Gasteiger partial charge is 0.338 e. The van der Waals surface area contributed by atoms with Crippen molar-refractivity contribution in [2.75, 3.05) is 20.1 Å². The molecule has 2 bridgehead atoms. The zero-order valence-corrected chi connectivity index (χ0v) is 12.0. The first-order valence-corrected chi connectivity index (χ1v) is 7.48. The van der Waals surface area contributed by atoms with Gasteiger partial charge in [0.2, 0.25) is 5.91 Å². The van der Waals surface area contributed by atoms with Crippen molar-refractivity contribution in [2.45, 2.75) is 31.3 Å². The molecule has 0 N–H and O–H groups in total. The molecule has 3 heteroatoms. The van der Waals surface area contributed by atoms with Crippen molar-refractivity contribution in [1.82, 2.24) is 9.80 Å². The number of rotatable bonds is 2. The molecule has 1 amide bonds. The van der Waals surface area contributed by atoms with E-state index in [-0.39, 0.29) is 5.91 Å². The van der Waals surface area contributed by atoms with Crippen LogP contribution >= 0.6 is 0 Å². The minimum Gasteiger partial charge on any atom is -0.338 e. The number of hydrogen-bond donors (Lipinski definition) is 0. The van der Waals surface area contributed by atoms with E-state index >= 15 is 0 Å². The summed E-state index contributed by atoms with van der Waals surface area (Å²) in [6.07, 6.45) is 7.26. The predicted octanol–water partition coefficient (Wildman–Crippen LogP) is 2.39. The van der Waals surface area contributed by atoms with Crippen LogP contribution < -0.4 is 0 Å². The molecular weight excluding hydrogens is 248 g/mol. The lowest BCUT2D eigenvalue weighted by molar-refractivity contribution is -0.126. The lowest BCUT2D eigenvalue weighted by Gasteiger charge is -2.24. The molecule has 2 atom stereocenters. The van der Waals surface area contributed by atoms with Gasteiger partial charge in [-0.25, -0.2) is 0 Å². The number of hydrogen-bond acceptors (Lipinski definition) is 2. The molecule has 0 saturated carbocycles. The highest BCUT2D eigenvalue weighted by Crippen LogP contribution is 2.28. The average molecular weight is 270 g/mol. The Labute approximate surface area is 120 Å². The molecule has 2 aliphatic heterocycles. The van der Waals surface area contributed by atoms with Gasteiger partial charge in [-0.2, -0.15) is 0 Å². The molecule has 20 heavy (non-hydrogen) atoms. The van der Waals surface area contributed by atoms with Crippen LogP contribution in [0.2, 0.25) is 0 Å². The summed E-state index contributed by atoms with van der Waals surface area (Å²) in [5.74, 6) is 0.148. The maximum absolute atomic E-state index is 12.3. The second-order valence-corrected chi connectivity index (χ2v) is 5.87. The second kappa shape index (κ2) is 5.80. The first kappa shape index (κ1) is 13.4. The Morgan fingerprint density at radius 2 is 1.90 bits per heavy atom. The SMILES string of the molecule is CN1[C@H]2CC[C@H]1CN(C(=O)/C=C\c1ccccc1)CC2. The van der Waals surface area contributed by atoms with Crippen molar-refractivity contribution in [3.05, 3.63) is 42.0 Å². The standard InChI is InChI=1S/C17H22N2O/c1-18-15-8-9-16(18)13-19(12-11-15)17(20)10-7-14-5-3-2-4-6-14/h2-7,10,15-16H,8-9,11-13H2,1H3/b10-7-/t15-,16-/m0/s1. The van der Waals surface area contributed by atoms with Gasteiger partial charge in [-0.3, -0.25) is 9.69 Å². The van der Waals surface area contributed by atoms with Crippen molar-refractivity contribution in [1.29, 1.82) is 0 Å². The summed E-state index contributed by atoms with van der Waals surface area (Å²) in [5.41, 5.74) is 1.08. The topological polar surface area (TPSA) is 23.6 Å². The fraction of sp³-hybridized carbons (Fsp3) is 0.471. The highest BCUT2D eigenvalue weighted by atomic mass is 16.2. The van der Waals surface area contributed by atoms with Gasteiger partial charge >= 0.3 is 0 Å². The molecule has 0 unspecified atom stereocenters. The normalized spacial score (nSPS) is 26.9. The van der Waals surface area contributed by atoms with Gasteiger partial charge in [0, 0.05) is 31.2 Å². The molecule has 0 spiro atoms. The monoisotopic (exact) mass is 270 g/mol. The van der Waals surface area contributed by atoms with Gasteiger partial charge in [-0.1, -0.05) is 30.3 Å². The first-order valence-electron chi connectivity index (χ1n) is 7.48. The lowest BCUT2D eigenvalue weighted by atomic mass is 10.1. The number of fused-ring (bicyclic) bond motifs is 2. The molecule has 0 radical (unpaired) electrons. The maximum Gasteiger partial charge on any atom is 0.246 e. The van der Waals surface area contributed by atoms with Crippen molar-refractivity contribution < 1.29 is 4.79 Å². The molecule has 3 rings (SSSR count). The van der Waals surface area contributed by atoms with Crippen molar-refractivity contribution in [3.63, 3.8) is 0 Å². The molecular formula is C17H22N2O. The van der Waals surface area contributed by atoms with E-state index in [1.807, 2.05) is 41.3 Å². The third-order valence-corrected chi connectivity index (χ3v) is 4.68. The van der Waals surface area contributed by atoms with Crippen LogP contribution in [0.4, 0.5) is 0 Å². The number of carbonyl (C=O) groups excluding carboxylic acids is 1. The van der Waals surface area contributed by atoms with Gasteiger partial charge in [0.25, 0.3) is 0 Å². The van der Waals surface area contributed by atoms with Crippen molar-refractivity contribution >= 4 is 12.0 Å². The third-order valence-electron chi connectivity index (χ3n) is 4.68. The summed E-state index contributed by atoms with van der Waals surface area (Å²) in [4.78, 5) is 16.8. The van der Waals surface area contributed by atoms with Crippen LogP contribution in [0, 0.1) is 0 Å². The van der Waals surface area contributed by atoms with Gasteiger partial charge in [0.05, 0.1) is 0 Å². The van der Waals surface area contributed by atoms with Crippen LogP contribution in [0.5, 0.6) is 0 Å². The van der Waals surface area contributed by atoms with Crippen molar-refractivity contribution in [3.8, 4) is 0 Å². The quantitative estimate of drug-likeness (QED) is 0.770. The molecule has 3 nitrogen and oxygen atoms in total. The zero-order chi connectivity index (χ0) is 13.9. The first-order chi connectivity index (χ1) is 9.74. The Bertz CT molecular complexity index is 497. The number of benzene rings is 1. The fourth-order valence-electron chi connectivity index (χ4n) is 3.35. The van der Waals surface area contributed by atoms with Gasteiger partial charge in [-0.05, 0) is 37.9 Å². The molecule has 106 valence electrons. The van der Waals surface area contributed by atoms with E-state index in [4.69, 9.17) is 0 Å². The summed E-state index contributed by atoms with van der Waals surface area (Å²) in [6, 6.07) is 11.2. The van der Waals surface area contributed by atoms with E-state index in [9.17, 15) is 4.79 Å². The summed E-state index contributed by atoms with van der Waals surface area (Å²) in [7, 11) is 2.20. The minimum absolute atomic E-state index is 0.148. The molecule has 2 fully saturated rings. The van der Waals surface area contributed by atoms with Crippen LogP contribution in [-0.2, 0) is 4.79 Å². The molecule has 0 aromatic heterocycles. The highest BCUT2D eigenvalue weighted by molar-refractivity contribution is 5.91. The van der Waals surface area contributed by atoms with Crippen molar-refractivity contribution in [2.24, 2.45) is 0 Å². The lowest BCUT2D eigenvalue weighted by Crippen LogP contribution is -2.39. The summed E-state index contributed by atoms with van der Waals surface area (Å²) >= 11 is 0. The fourth-order valence-corrected chi connectivity index (χ4v) is 3.35. The molecule has 2 aliphatic rings. The van der Waals surface area contributed by atoms with Crippen LogP contribution in [0.25, 0.3) is 6.08 Å². The van der Waals surface area contributed by atoms with E-state index in [2.05, 4.69) is 11.9 Å². The maximum atomic E-state index is 12.3. The smallest absolute Gasteiger partial charge is 0.246 e. The molecule has 1 aromatic carbocycles. The van der Waals surface area contributed by atoms with Crippen LogP contribution in [0.3, 0.4) is 0 Å². The Morgan fingerprint density at radius 3 is 2.70 bits per heavy atom. The van der Waals surface area contributed by atoms with Crippen LogP contribution in [0.1, 0.15) is 24.8 Å². The summed E-state index contributed by atoms with van der Waals surface area (Å²) < 4.78 is 0. The average Bonchev–Trinajstić information content (AvgIpc) is 2.71. The van der Waals surface area contributed by atoms with Crippen LogP contribution in [-0.4, -0.2) is 47.9 Å². The summed E-state index contributed by atoms with van der Waals surface area (Å²) in [5, 5.41) is 0. The van der Waals surface area contributed by atoms with E-state index in [0.717, 1.165) is 25.1 Å². The highest BCUT2D eigenvalue weighted by Gasteiger charge is 2.35. The molecule has 2 saturated heterocycles. The van der Waals surface area contributed by atoms with E-state index < -0.39 is 0 Å². The number of likely N-dealkylation sites (tertiary alicyclic amines) is 1. The molecule has 0 aliphatic carbocycles. The number of amides is 1. The van der Waals surface area contributed by atoms with Gasteiger partial charge in [0.1, 0.15) is 0 Å². The third kappa shape index (κ3) is 2.78. The molecule has 2 heterocycles. The second-order valence-electron chi connectivity index (χ2n) is 5.87. The Balaban J connectivity index is 1.64. The number of nitrogens with zero attached hydrogens (tertiary/aromatic N) is 2. The van der Waals surface area contributed by atoms with E-state index in [0.29, 0.717) is 12.1 Å². The Kier molecular flexibility index (Phi) is 3.88. The number of likely N-dealkylation sites (N-methyl/N-ethyl adjacent to an activating group) is 1. The molecule has 1 aromatic rings. The van der Waals surface area contributed by atoms with Crippen LogP contribution in [0.15, 0.2) is 36.4 Å².